The van der Waals surface area contributed by atoms with E-state index in [4.69, 9.17) is 11.6 Å². The van der Waals surface area contributed by atoms with Crippen molar-refractivity contribution < 1.29 is 13.2 Å². The first-order chi connectivity index (χ1) is 15.1. The smallest absolute Gasteiger partial charge is 0.255 e. The molecule has 5 nitrogen and oxygen atoms in total. The van der Waals surface area contributed by atoms with Crippen LogP contribution < -0.4 is 4.90 Å². The molecule has 1 aliphatic rings. The summed E-state index contributed by atoms with van der Waals surface area (Å²) in [5.41, 5.74) is 4.23. The molecule has 0 atom stereocenters. The van der Waals surface area contributed by atoms with Crippen LogP contribution in [-0.4, -0.2) is 51.7 Å². The molecule has 2 aromatic rings. The summed E-state index contributed by atoms with van der Waals surface area (Å²) < 4.78 is 23.5. The maximum Gasteiger partial charge on any atom is 0.255 e. The first-order valence-corrected chi connectivity index (χ1v) is 13.5. The van der Waals surface area contributed by atoms with E-state index in [9.17, 15) is 13.2 Å². The molecule has 1 heterocycles. The molecule has 1 amide bonds. The third-order valence-corrected chi connectivity index (χ3v) is 7.60. The normalized spacial score (nSPS) is 15.6. The van der Waals surface area contributed by atoms with Crippen LogP contribution >= 0.6 is 11.6 Å². The Kier molecular flexibility index (Phi) is 6.94. The molecule has 0 radical (unpaired) electrons. The molecule has 180 valence electrons. The Morgan fingerprint density at radius 2 is 1.36 bits per heavy atom. The Bertz CT molecular complexity index is 1120. The maximum absolute atomic E-state index is 13.1. The predicted octanol–water partition coefficient (Wildman–Crippen LogP) is 5.30. The minimum atomic E-state index is -3.37. The van der Waals surface area contributed by atoms with E-state index in [-0.39, 0.29) is 26.7 Å². The molecule has 3 rings (SSSR count). The summed E-state index contributed by atoms with van der Waals surface area (Å²) in [6.07, 6.45) is 1.12. The summed E-state index contributed by atoms with van der Waals surface area (Å²) in [6, 6.07) is 11.2. The lowest BCUT2D eigenvalue weighted by atomic mass is 9.80. The first-order valence-electron chi connectivity index (χ1n) is 11.3. The molecular weight excluding hydrogens is 456 g/mol. The van der Waals surface area contributed by atoms with E-state index in [0.29, 0.717) is 18.7 Å². The van der Waals surface area contributed by atoms with Gasteiger partial charge in [-0.25, -0.2) is 8.42 Å². The molecule has 7 heteroatoms. The molecular formula is C26H35ClN2O3S. The molecule has 0 aromatic heterocycles. The minimum Gasteiger partial charge on any atom is -0.368 e. The second kappa shape index (κ2) is 8.95. The van der Waals surface area contributed by atoms with Gasteiger partial charge in [0.1, 0.15) is 0 Å². The highest BCUT2D eigenvalue weighted by Crippen LogP contribution is 2.34. The van der Waals surface area contributed by atoms with Crippen LogP contribution in [0.4, 0.5) is 5.69 Å². The van der Waals surface area contributed by atoms with Gasteiger partial charge >= 0.3 is 0 Å². The van der Waals surface area contributed by atoms with Crippen LogP contribution in [0.5, 0.6) is 0 Å². The van der Waals surface area contributed by atoms with Gasteiger partial charge in [0.2, 0.25) is 0 Å². The summed E-state index contributed by atoms with van der Waals surface area (Å²) in [5.74, 6) is -0.168. The number of halogens is 1. The number of benzene rings is 2. The number of amides is 1. The highest BCUT2D eigenvalue weighted by atomic mass is 35.5. The zero-order valence-electron chi connectivity index (χ0n) is 20.7. The number of anilines is 1. The van der Waals surface area contributed by atoms with Crippen LogP contribution in [0.3, 0.4) is 0 Å². The fraction of sp³-hybridized carbons (Fsp3) is 0.500. The largest absolute Gasteiger partial charge is 0.368 e. The fourth-order valence-electron chi connectivity index (χ4n) is 3.90. The van der Waals surface area contributed by atoms with Crippen molar-refractivity contribution in [1.82, 2.24) is 4.90 Å². The standard InChI is InChI=1S/C26H35ClN2O3S/c1-25(2,3)18-14-19(26(4,5)6)16-20(15-18)28-10-12-29(13-11-28)24(30)22-9-8-21(17-23(22)27)33(7,31)32/h8-9,14-17H,10-13H2,1-7H3. The number of nitrogens with zero attached hydrogens (tertiary/aromatic N) is 2. The average Bonchev–Trinajstić information content (AvgIpc) is 2.71. The van der Waals surface area contributed by atoms with E-state index in [1.54, 1.807) is 4.90 Å². The van der Waals surface area contributed by atoms with Crippen LogP contribution in [0.1, 0.15) is 63.0 Å². The van der Waals surface area contributed by atoms with Gasteiger partial charge in [0.05, 0.1) is 15.5 Å². The highest BCUT2D eigenvalue weighted by molar-refractivity contribution is 7.90. The van der Waals surface area contributed by atoms with Crippen molar-refractivity contribution in [2.75, 3.05) is 37.3 Å². The monoisotopic (exact) mass is 490 g/mol. The van der Waals surface area contributed by atoms with Gasteiger partial charge in [-0.2, -0.15) is 0 Å². The summed E-state index contributed by atoms with van der Waals surface area (Å²) in [7, 11) is -3.37. The number of carbonyl (C=O) groups is 1. The lowest BCUT2D eigenvalue weighted by Gasteiger charge is -2.37. The Morgan fingerprint density at radius 3 is 1.79 bits per heavy atom. The first kappa shape index (κ1) is 25.6. The van der Waals surface area contributed by atoms with Gasteiger partial charge in [0.15, 0.2) is 9.84 Å². The lowest BCUT2D eigenvalue weighted by Crippen LogP contribution is -2.49. The summed E-state index contributed by atoms with van der Waals surface area (Å²) in [6.45, 7) is 16.0. The molecule has 0 spiro atoms. The van der Waals surface area contributed by atoms with Crippen molar-refractivity contribution in [2.45, 2.75) is 57.3 Å². The van der Waals surface area contributed by atoms with Crippen LogP contribution in [0.15, 0.2) is 41.3 Å². The molecule has 33 heavy (non-hydrogen) atoms. The van der Waals surface area contributed by atoms with Crippen LogP contribution in [0, 0.1) is 0 Å². The van der Waals surface area contributed by atoms with Crippen LogP contribution in [0.25, 0.3) is 0 Å². The summed E-state index contributed by atoms with van der Waals surface area (Å²) in [5, 5.41) is 0.165. The number of rotatable bonds is 3. The van der Waals surface area contributed by atoms with Crippen LogP contribution in [0.2, 0.25) is 5.02 Å². The Hall–Kier alpha value is -2.05. The number of hydrogen-bond donors (Lipinski definition) is 0. The van der Waals surface area contributed by atoms with Gasteiger partial charge in [0.25, 0.3) is 5.91 Å². The quantitative estimate of drug-likeness (QED) is 0.585. The second-order valence-corrected chi connectivity index (χ2v) is 13.4. The highest BCUT2D eigenvalue weighted by Gasteiger charge is 2.27. The molecule has 1 fully saturated rings. The van der Waals surface area contributed by atoms with Crippen molar-refractivity contribution >= 4 is 33.0 Å². The van der Waals surface area contributed by atoms with Crippen LogP contribution in [-0.2, 0) is 20.7 Å². The van der Waals surface area contributed by atoms with Gasteiger partial charge in [-0.05, 0) is 52.3 Å². The number of hydrogen-bond acceptors (Lipinski definition) is 4. The van der Waals surface area contributed by atoms with E-state index >= 15 is 0 Å². The van der Waals surface area contributed by atoms with Gasteiger partial charge < -0.3 is 9.80 Å². The van der Waals surface area contributed by atoms with E-state index in [1.165, 1.54) is 35.0 Å². The molecule has 2 aromatic carbocycles. The van der Waals surface area contributed by atoms with Gasteiger partial charge in [-0.15, -0.1) is 0 Å². The Labute approximate surface area is 203 Å². The Morgan fingerprint density at radius 1 is 0.848 bits per heavy atom. The van der Waals surface area contributed by atoms with Crippen molar-refractivity contribution in [3.8, 4) is 0 Å². The molecule has 0 bridgehead atoms. The fourth-order valence-corrected chi connectivity index (χ4v) is 4.87. The van der Waals surface area contributed by atoms with Gasteiger partial charge in [-0.1, -0.05) is 59.2 Å². The summed E-state index contributed by atoms with van der Waals surface area (Å²) >= 11 is 6.27. The van der Waals surface area contributed by atoms with E-state index in [1.807, 2.05) is 0 Å². The molecule has 0 unspecified atom stereocenters. The molecule has 1 saturated heterocycles. The molecule has 0 saturated carbocycles. The van der Waals surface area contributed by atoms with Crippen molar-refractivity contribution in [1.29, 1.82) is 0 Å². The number of carbonyl (C=O) groups excluding carboxylic acids is 1. The zero-order chi connectivity index (χ0) is 24.8. The second-order valence-electron chi connectivity index (χ2n) is 11.0. The third kappa shape index (κ3) is 5.90. The number of piperazine rings is 1. The van der Waals surface area contributed by atoms with E-state index in [0.717, 1.165) is 19.3 Å². The van der Waals surface area contributed by atoms with E-state index in [2.05, 4.69) is 64.6 Å². The van der Waals surface area contributed by atoms with Gasteiger partial charge in [-0.3, -0.25) is 4.79 Å². The minimum absolute atomic E-state index is 0.0443. The van der Waals surface area contributed by atoms with Crippen molar-refractivity contribution in [3.63, 3.8) is 0 Å². The summed E-state index contributed by atoms with van der Waals surface area (Å²) in [4.78, 5) is 17.3. The third-order valence-electron chi connectivity index (χ3n) is 6.18. The molecule has 1 aliphatic heterocycles. The van der Waals surface area contributed by atoms with Gasteiger partial charge in [0, 0.05) is 38.1 Å². The molecule has 0 N–H and O–H groups in total. The SMILES string of the molecule is CC(C)(C)c1cc(N2CCN(C(=O)c3ccc(S(C)(=O)=O)cc3Cl)CC2)cc(C(C)(C)C)c1. The lowest BCUT2D eigenvalue weighted by molar-refractivity contribution is 0.0747. The maximum atomic E-state index is 13.1. The Balaban J connectivity index is 1.79. The van der Waals surface area contributed by atoms with E-state index < -0.39 is 9.84 Å². The predicted molar refractivity (Wildman–Crippen MR) is 137 cm³/mol. The average molecular weight is 491 g/mol. The number of sulfone groups is 1. The van der Waals surface area contributed by atoms with Crippen molar-refractivity contribution in [2.24, 2.45) is 0 Å². The topological polar surface area (TPSA) is 57.7 Å². The zero-order valence-corrected chi connectivity index (χ0v) is 22.3. The molecule has 0 aliphatic carbocycles. The van der Waals surface area contributed by atoms with Crippen molar-refractivity contribution in [3.05, 3.63) is 58.1 Å².